The van der Waals surface area contributed by atoms with Crippen molar-refractivity contribution in [3.05, 3.63) is 58.6 Å². The Labute approximate surface area is 141 Å². The van der Waals surface area contributed by atoms with Crippen LogP contribution in [0.1, 0.15) is 17.7 Å². The van der Waals surface area contributed by atoms with Crippen molar-refractivity contribution in [1.82, 2.24) is 9.88 Å². The molecule has 3 rings (SSSR count). The standard InChI is InChI=1S/C18H21ClFN3/c1-14-12-15(6-7-21-14)23-9-3-8-22(10-11-23)13-16-17(19)4-2-5-18(16)20/h2,4-7,12H,3,8-11,13H2,1H3. The van der Waals surface area contributed by atoms with Gasteiger partial charge in [0.25, 0.3) is 0 Å². The zero-order chi connectivity index (χ0) is 16.2. The van der Waals surface area contributed by atoms with Crippen molar-refractivity contribution in [3.63, 3.8) is 0 Å². The van der Waals surface area contributed by atoms with Gasteiger partial charge in [0.2, 0.25) is 0 Å². The number of halogens is 2. The molecule has 1 fully saturated rings. The van der Waals surface area contributed by atoms with Crippen molar-refractivity contribution in [2.75, 3.05) is 31.1 Å². The molecular weight excluding hydrogens is 313 g/mol. The second kappa shape index (κ2) is 7.28. The van der Waals surface area contributed by atoms with Gasteiger partial charge in [-0.15, -0.1) is 0 Å². The number of aryl methyl sites for hydroxylation is 1. The first-order valence-electron chi connectivity index (χ1n) is 7.96. The third-order valence-corrected chi connectivity index (χ3v) is 4.63. The van der Waals surface area contributed by atoms with Gasteiger partial charge in [-0.25, -0.2) is 4.39 Å². The fourth-order valence-corrected chi connectivity index (χ4v) is 3.24. The lowest BCUT2D eigenvalue weighted by molar-refractivity contribution is 0.281. The van der Waals surface area contributed by atoms with Crippen LogP contribution in [-0.4, -0.2) is 36.1 Å². The predicted molar refractivity (Wildman–Crippen MR) is 92.5 cm³/mol. The largest absolute Gasteiger partial charge is 0.370 e. The van der Waals surface area contributed by atoms with Crippen LogP contribution in [0, 0.1) is 12.7 Å². The number of rotatable bonds is 3. The third-order valence-electron chi connectivity index (χ3n) is 4.28. The molecule has 0 saturated carbocycles. The Morgan fingerprint density at radius 2 is 2.04 bits per heavy atom. The summed E-state index contributed by atoms with van der Waals surface area (Å²) in [4.78, 5) is 8.90. The average molecular weight is 334 g/mol. The lowest BCUT2D eigenvalue weighted by Gasteiger charge is -2.24. The van der Waals surface area contributed by atoms with Crippen LogP contribution in [0.5, 0.6) is 0 Å². The summed E-state index contributed by atoms with van der Waals surface area (Å²) in [5, 5.41) is 0.510. The second-order valence-electron chi connectivity index (χ2n) is 5.97. The van der Waals surface area contributed by atoms with E-state index in [2.05, 4.69) is 26.9 Å². The molecule has 122 valence electrons. The minimum Gasteiger partial charge on any atom is -0.370 e. The highest BCUT2D eigenvalue weighted by Crippen LogP contribution is 2.22. The third kappa shape index (κ3) is 4.01. The fourth-order valence-electron chi connectivity index (χ4n) is 3.02. The predicted octanol–water partition coefficient (Wildman–Crippen LogP) is 3.89. The van der Waals surface area contributed by atoms with Crippen LogP contribution in [0.25, 0.3) is 0 Å². The van der Waals surface area contributed by atoms with E-state index in [4.69, 9.17) is 11.6 Å². The normalized spacial score (nSPS) is 16.4. The van der Waals surface area contributed by atoms with Crippen LogP contribution < -0.4 is 4.90 Å². The molecule has 5 heteroatoms. The second-order valence-corrected chi connectivity index (χ2v) is 6.38. The van der Waals surface area contributed by atoms with Crippen molar-refractivity contribution < 1.29 is 4.39 Å². The molecule has 1 aliphatic heterocycles. The SMILES string of the molecule is Cc1cc(N2CCCN(Cc3c(F)cccc3Cl)CC2)ccn1. The Balaban J connectivity index is 1.67. The summed E-state index contributed by atoms with van der Waals surface area (Å²) in [7, 11) is 0. The maximum atomic E-state index is 14.0. The molecular formula is C18H21ClFN3. The number of hydrogen-bond donors (Lipinski definition) is 0. The van der Waals surface area contributed by atoms with Gasteiger partial charge in [0.15, 0.2) is 0 Å². The highest BCUT2D eigenvalue weighted by atomic mass is 35.5. The van der Waals surface area contributed by atoms with Crippen molar-refractivity contribution in [1.29, 1.82) is 0 Å². The fraction of sp³-hybridized carbons (Fsp3) is 0.389. The number of anilines is 1. The van der Waals surface area contributed by atoms with Gasteiger partial charge in [-0.3, -0.25) is 9.88 Å². The first kappa shape index (κ1) is 16.2. The van der Waals surface area contributed by atoms with E-state index in [1.165, 1.54) is 11.8 Å². The van der Waals surface area contributed by atoms with E-state index in [9.17, 15) is 4.39 Å². The summed E-state index contributed by atoms with van der Waals surface area (Å²) in [6, 6.07) is 9.05. The average Bonchev–Trinajstić information content (AvgIpc) is 2.77. The number of hydrogen-bond acceptors (Lipinski definition) is 3. The minimum absolute atomic E-state index is 0.219. The summed E-state index contributed by atoms with van der Waals surface area (Å²) in [5.41, 5.74) is 2.84. The molecule has 2 aromatic rings. The van der Waals surface area contributed by atoms with E-state index in [-0.39, 0.29) is 5.82 Å². The smallest absolute Gasteiger partial charge is 0.129 e. The molecule has 2 heterocycles. The van der Waals surface area contributed by atoms with Gasteiger partial charge in [0.1, 0.15) is 5.82 Å². The molecule has 1 aromatic carbocycles. The van der Waals surface area contributed by atoms with Gasteiger partial charge in [0.05, 0.1) is 0 Å². The highest BCUT2D eigenvalue weighted by Gasteiger charge is 2.18. The number of benzene rings is 1. The molecule has 0 bridgehead atoms. The summed E-state index contributed by atoms with van der Waals surface area (Å²) < 4.78 is 14.0. The molecule has 1 saturated heterocycles. The summed E-state index contributed by atoms with van der Waals surface area (Å²) >= 11 is 6.15. The molecule has 0 N–H and O–H groups in total. The lowest BCUT2D eigenvalue weighted by atomic mass is 10.2. The maximum absolute atomic E-state index is 14.0. The van der Waals surface area contributed by atoms with Gasteiger partial charge < -0.3 is 4.90 Å². The first-order valence-corrected chi connectivity index (χ1v) is 8.34. The quantitative estimate of drug-likeness (QED) is 0.849. The molecule has 0 atom stereocenters. The van der Waals surface area contributed by atoms with E-state index in [0.717, 1.165) is 38.3 Å². The molecule has 23 heavy (non-hydrogen) atoms. The molecule has 0 aliphatic carbocycles. The monoisotopic (exact) mass is 333 g/mol. The van der Waals surface area contributed by atoms with E-state index < -0.39 is 0 Å². The summed E-state index contributed by atoms with van der Waals surface area (Å²) in [6.45, 7) is 6.35. The topological polar surface area (TPSA) is 19.4 Å². The first-order chi connectivity index (χ1) is 11.1. The number of nitrogens with zero attached hydrogens (tertiary/aromatic N) is 3. The molecule has 0 spiro atoms. The van der Waals surface area contributed by atoms with Crippen LogP contribution in [0.2, 0.25) is 5.02 Å². The number of aromatic nitrogens is 1. The molecule has 0 radical (unpaired) electrons. The Morgan fingerprint density at radius 3 is 2.83 bits per heavy atom. The van der Waals surface area contributed by atoms with Crippen LogP contribution in [-0.2, 0) is 6.54 Å². The molecule has 0 amide bonds. The molecule has 0 unspecified atom stereocenters. The van der Waals surface area contributed by atoms with Crippen LogP contribution in [0.15, 0.2) is 36.5 Å². The zero-order valence-corrected chi connectivity index (χ0v) is 14.1. The van der Waals surface area contributed by atoms with Gasteiger partial charge in [-0.1, -0.05) is 17.7 Å². The van der Waals surface area contributed by atoms with Crippen LogP contribution in [0.3, 0.4) is 0 Å². The van der Waals surface area contributed by atoms with Crippen molar-refractivity contribution >= 4 is 17.3 Å². The van der Waals surface area contributed by atoms with Crippen LogP contribution >= 0.6 is 11.6 Å². The van der Waals surface area contributed by atoms with E-state index in [1.807, 2.05) is 13.1 Å². The highest BCUT2D eigenvalue weighted by molar-refractivity contribution is 6.31. The zero-order valence-electron chi connectivity index (χ0n) is 13.3. The Kier molecular flexibility index (Phi) is 5.13. The van der Waals surface area contributed by atoms with Crippen molar-refractivity contribution in [3.8, 4) is 0 Å². The van der Waals surface area contributed by atoms with Gasteiger partial charge in [-0.2, -0.15) is 0 Å². The van der Waals surface area contributed by atoms with E-state index >= 15 is 0 Å². The van der Waals surface area contributed by atoms with Gasteiger partial charge >= 0.3 is 0 Å². The Morgan fingerprint density at radius 1 is 1.17 bits per heavy atom. The number of pyridine rings is 1. The Bertz CT molecular complexity index is 657. The molecule has 1 aliphatic rings. The van der Waals surface area contributed by atoms with Crippen LogP contribution in [0.4, 0.5) is 10.1 Å². The van der Waals surface area contributed by atoms with Crippen molar-refractivity contribution in [2.45, 2.75) is 19.9 Å². The Hall–Kier alpha value is -1.65. The van der Waals surface area contributed by atoms with Gasteiger partial charge in [0, 0.05) is 60.9 Å². The molecule has 1 aromatic heterocycles. The summed E-state index contributed by atoms with van der Waals surface area (Å²) in [6.07, 6.45) is 2.90. The minimum atomic E-state index is -0.219. The summed E-state index contributed by atoms with van der Waals surface area (Å²) in [5.74, 6) is -0.219. The van der Waals surface area contributed by atoms with Gasteiger partial charge in [-0.05, 0) is 37.6 Å². The van der Waals surface area contributed by atoms with E-state index in [1.54, 1.807) is 12.1 Å². The molecule has 3 nitrogen and oxygen atoms in total. The van der Waals surface area contributed by atoms with E-state index in [0.29, 0.717) is 17.1 Å². The maximum Gasteiger partial charge on any atom is 0.129 e. The van der Waals surface area contributed by atoms with Crippen molar-refractivity contribution in [2.24, 2.45) is 0 Å². The lowest BCUT2D eigenvalue weighted by Crippen LogP contribution is -2.30.